The van der Waals surface area contributed by atoms with Crippen LogP contribution >= 0.6 is 0 Å². The van der Waals surface area contributed by atoms with E-state index in [1.807, 2.05) is 0 Å². The van der Waals surface area contributed by atoms with Crippen molar-refractivity contribution in [2.24, 2.45) is 0 Å². The van der Waals surface area contributed by atoms with Crippen molar-refractivity contribution in [3.05, 3.63) is 0 Å². The van der Waals surface area contributed by atoms with Gasteiger partial charge in [0.15, 0.2) is 0 Å². The second-order valence-corrected chi connectivity index (χ2v) is 5.61. The molecule has 0 N–H and O–H groups in total. The maximum absolute atomic E-state index is 11.9. The fourth-order valence-corrected chi connectivity index (χ4v) is 2.71. The van der Waals surface area contributed by atoms with E-state index in [1.165, 1.54) is 0 Å². The summed E-state index contributed by atoms with van der Waals surface area (Å²) in [6.07, 6.45) is -5.43. The first-order valence-electron chi connectivity index (χ1n) is 5.14. The molecule has 0 unspecified atom stereocenters. The Morgan fingerprint density at radius 1 is 1.35 bits per heavy atom. The predicted octanol–water partition coefficient (Wildman–Crippen LogP) is 1.89. The lowest BCUT2D eigenvalue weighted by molar-refractivity contribution is -0.134. The molecule has 0 aliphatic carbocycles. The van der Waals surface area contributed by atoms with Gasteiger partial charge >= 0.3 is 6.18 Å². The molecule has 17 heavy (non-hydrogen) atoms. The predicted molar refractivity (Wildman–Crippen MR) is 56.6 cm³/mol. The molecule has 0 amide bonds. The van der Waals surface area contributed by atoms with Gasteiger partial charge in [-0.25, -0.2) is 8.42 Å². The second kappa shape index (κ2) is 6.81. The molecule has 0 heterocycles. The van der Waals surface area contributed by atoms with Gasteiger partial charge in [0.2, 0.25) is 10.0 Å². The first-order valence-corrected chi connectivity index (χ1v) is 6.75. The largest absolute Gasteiger partial charge is 0.389 e. The summed E-state index contributed by atoms with van der Waals surface area (Å²) in [6.45, 7) is 1.57. The van der Waals surface area contributed by atoms with E-state index in [0.29, 0.717) is 6.42 Å². The Bertz CT molecular complexity index is 359. The molecule has 8 heteroatoms. The zero-order chi connectivity index (χ0) is 13.5. The summed E-state index contributed by atoms with van der Waals surface area (Å²) < 4.78 is 59.7. The molecular formula is C9H15F3N2O2S. The van der Waals surface area contributed by atoms with Crippen LogP contribution in [0.2, 0.25) is 0 Å². The van der Waals surface area contributed by atoms with Crippen LogP contribution in [0.5, 0.6) is 0 Å². The molecule has 0 aliphatic heterocycles. The average Bonchev–Trinajstić information content (AvgIpc) is 2.15. The molecular weight excluding hydrogens is 257 g/mol. The molecule has 0 aromatic heterocycles. The number of alkyl halides is 3. The van der Waals surface area contributed by atoms with Crippen LogP contribution in [0.4, 0.5) is 13.2 Å². The number of nitrogens with zero attached hydrogens (tertiary/aromatic N) is 2. The molecule has 0 spiro atoms. The Morgan fingerprint density at radius 2 is 1.94 bits per heavy atom. The number of hydrogen-bond acceptors (Lipinski definition) is 3. The van der Waals surface area contributed by atoms with Gasteiger partial charge in [0.1, 0.15) is 6.54 Å². The summed E-state index contributed by atoms with van der Waals surface area (Å²) in [6, 6.07) is 1.69. The summed E-state index contributed by atoms with van der Waals surface area (Å²) in [5.74, 6) is -0.575. The van der Waals surface area contributed by atoms with Gasteiger partial charge in [-0.3, -0.25) is 0 Å². The monoisotopic (exact) mass is 272 g/mol. The van der Waals surface area contributed by atoms with E-state index < -0.39 is 34.8 Å². The van der Waals surface area contributed by atoms with E-state index in [4.69, 9.17) is 5.26 Å². The second-order valence-electron chi connectivity index (χ2n) is 3.53. The highest BCUT2D eigenvalue weighted by molar-refractivity contribution is 7.89. The molecule has 4 nitrogen and oxygen atoms in total. The van der Waals surface area contributed by atoms with E-state index in [0.717, 1.165) is 4.31 Å². The first-order chi connectivity index (χ1) is 7.73. The van der Waals surface area contributed by atoms with Crippen molar-refractivity contribution in [2.45, 2.75) is 32.4 Å². The Kier molecular flexibility index (Phi) is 6.49. The molecule has 0 aromatic carbocycles. The zero-order valence-corrected chi connectivity index (χ0v) is 10.3. The SMILES string of the molecule is CCCN(CC#N)S(=O)(=O)CCCC(F)(F)F. The highest BCUT2D eigenvalue weighted by atomic mass is 32.2. The van der Waals surface area contributed by atoms with Crippen LogP contribution in [0, 0.1) is 11.3 Å². The molecule has 0 rings (SSSR count). The van der Waals surface area contributed by atoms with Crippen LogP contribution in [0.3, 0.4) is 0 Å². The van der Waals surface area contributed by atoms with E-state index in [2.05, 4.69) is 0 Å². The Labute approximate surface area is 99.1 Å². The standard InChI is InChI=1S/C9H15F3N2O2S/c1-2-6-14(7-5-13)17(15,16)8-3-4-9(10,11)12/h2-4,6-8H2,1H3. The van der Waals surface area contributed by atoms with Crippen LogP contribution in [0.1, 0.15) is 26.2 Å². The van der Waals surface area contributed by atoms with Gasteiger partial charge in [-0.2, -0.15) is 22.7 Å². The minimum atomic E-state index is -4.35. The van der Waals surface area contributed by atoms with E-state index in [1.54, 1.807) is 13.0 Å². The number of sulfonamides is 1. The minimum absolute atomic E-state index is 0.155. The van der Waals surface area contributed by atoms with Crippen LogP contribution in [-0.4, -0.2) is 37.7 Å². The quantitative estimate of drug-likeness (QED) is 0.665. The molecule has 0 saturated heterocycles. The van der Waals surface area contributed by atoms with E-state index in [-0.39, 0.29) is 13.1 Å². The number of halogens is 3. The summed E-state index contributed by atoms with van der Waals surface area (Å²) in [7, 11) is -3.76. The molecule has 100 valence electrons. The van der Waals surface area contributed by atoms with E-state index >= 15 is 0 Å². The first kappa shape index (κ1) is 16.2. The highest BCUT2D eigenvalue weighted by Crippen LogP contribution is 2.22. The van der Waals surface area contributed by atoms with Crippen molar-refractivity contribution in [1.29, 1.82) is 5.26 Å². The van der Waals surface area contributed by atoms with Gasteiger partial charge in [0, 0.05) is 13.0 Å². The topological polar surface area (TPSA) is 61.2 Å². The molecule has 0 aliphatic rings. The smallest absolute Gasteiger partial charge is 0.212 e. The lowest BCUT2D eigenvalue weighted by Crippen LogP contribution is -2.34. The van der Waals surface area contributed by atoms with Gasteiger partial charge in [0.25, 0.3) is 0 Å². The highest BCUT2D eigenvalue weighted by Gasteiger charge is 2.28. The van der Waals surface area contributed by atoms with Crippen LogP contribution in [0.25, 0.3) is 0 Å². The van der Waals surface area contributed by atoms with Crippen LogP contribution in [0.15, 0.2) is 0 Å². The van der Waals surface area contributed by atoms with Gasteiger partial charge in [-0.05, 0) is 12.8 Å². The summed E-state index contributed by atoms with van der Waals surface area (Å²) >= 11 is 0. The van der Waals surface area contributed by atoms with Crippen LogP contribution < -0.4 is 0 Å². The van der Waals surface area contributed by atoms with Crippen molar-refractivity contribution in [2.75, 3.05) is 18.8 Å². The third-order valence-electron chi connectivity index (χ3n) is 1.98. The lowest BCUT2D eigenvalue weighted by Gasteiger charge is -2.18. The Balaban J connectivity index is 4.39. The van der Waals surface area contributed by atoms with Crippen LogP contribution in [-0.2, 0) is 10.0 Å². The zero-order valence-electron chi connectivity index (χ0n) is 9.50. The van der Waals surface area contributed by atoms with Crippen molar-refractivity contribution in [3.63, 3.8) is 0 Å². The molecule has 0 aromatic rings. The molecule has 0 fully saturated rings. The maximum Gasteiger partial charge on any atom is 0.389 e. The fourth-order valence-electron chi connectivity index (χ4n) is 1.23. The van der Waals surface area contributed by atoms with Crippen molar-refractivity contribution in [1.82, 2.24) is 4.31 Å². The molecule has 0 bridgehead atoms. The average molecular weight is 272 g/mol. The summed E-state index contributed by atoms with van der Waals surface area (Å²) in [5.41, 5.74) is 0. The lowest BCUT2D eigenvalue weighted by atomic mass is 10.3. The van der Waals surface area contributed by atoms with Crippen molar-refractivity contribution >= 4 is 10.0 Å². The van der Waals surface area contributed by atoms with Gasteiger partial charge in [-0.1, -0.05) is 6.92 Å². The number of nitriles is 1. The van der Waals surface area contributed by atoms with E-state index in [9.17, 15) is 21.6 Å². The molecule has 0 saturated carbocycles. The molecule has 0 atom stereocenters. The Morgan fingerprint density at radius 3 is 2.35 bits per heavy atom. The van der Waals surface area contributed by atoms with Gasteiger partial charge in [0.05, 0.1) is 11.8 Å². The summed E-state index contributed by atoms with van der Waals surface area (Å²) in [5, 5.41) is 8.45. The normalized spacial score (nSPS) is 12.7. The Hall–Kier alpha value is -0.810. The summed E-state index contributed by atoms with van der Waals surface area (Å²) in [4.78, 5) is 0. The number of rotatable bonds is 7. The van der Waals surface area contributed by atoms with Crippen molar-refractivity contribution < 1.29 is 21.6 Å². The fraction of sp³-hybridized carbons (Fsp3) is 0.889. The molecule has 0 radical (unpaired) electrons. The van der Waals surface area contributed by atoms with Crippen molar-refractivity contribution in [3.8, 4) is 6.07 Å². The third kappa shape index (κ3) is 7.18. The third-order valence-corrected chi connectivity index (χ3v) is 3.88. The minimum Gasteiger partial charge on any atom is -0.212 e. The van der Waals surface area contributed by atoms with Gasteiger partial charge in [-0.15, -0.1) is 0 Å². The maximum atomic E-state index is 11.9. The van der Waals surface area contributed by atoms with Gasteiger partial charge < -0.3 is 0 Å². The number of hydrogen-bond donors (Lipinski definition) is 0.